The predicted octanol–water partition coefficient (Wildman–Crippen LogP) is 3.89. The van der Waals surface area contributed by atoms with Crippen LogP contribution in [0.5, 0.6) is 11.5 Å². The Balaban J connectivity index is 1.92. The van der Waals surface area contributed by atoms with Gasteiger partial charge >= 0.3 is 6.18 Å². The fourth-order valence-electron chi connectivity index (χ4n) is 3.23. The Labute approximate surface area is 177 Å². The smallest absolute Gasteiger partial charge is 0.435 e. The molecular weight excluding hydrogens is 433 g/mol. The van der Waals surface area contributed by atoms with Crippen molar-refractivity contribution < 1.29 is 23.0 Å². The quantitative estimate of drug-likeness (QED) is 0.498. The normalized spacial score (nSPS) is 11.7. The van der Waals surface area contributed by atoms with Crippen molar-refractivity contribution in [3.8, 4) is 23.0 Å². The number of hydrogen-bond acceptors (Lipinski definition) is 7. The number of aromatic nitrogens is 4. The average molecular weight is 448 g/mol. The summed E-state index contributed by atoms with van der Waals surface area (Å²) in [5, 5.41) is 9.62. The third kappa shape index (κ3) is 3.83. The van der Waals surface area contributed by atoms with Crippen LogP contribution in [-0.2, 0) is 19.1 Å². The van der Waals surface area contributed by atoms with Gasteiger partial charge in [0.25, 0.3) is 5.56 Å². The topological polar surface area (TPSA) is 90.1 Å². The molecule has 0 aliphatic carbocycles. The molecule has 0 radical (unpaired) electrons. The number of fused-ring (bicyclic) bond motifs is 1. The lowest BCUT2D eigenvalue weighted by atomic mass is 10.1. The number of pyridine rings is 1. The van der Waals surface area contributed by atoms with E-state index in [9.17, 15) is 23.1 Å². The molecule has 0 aliphatic heterocycles. The highest BCUT2D eigenvalue weighted by Gasteiger charge is 2.38. The second-order valence-corrected chi connectivity index (χ2v) is 7.29. The molecule has 1 aromatic carbocycles. The van der Waals surface area contributed by atoms with E-state index < -0.39 is 22.8 Å². The number of aromatic hydroxyl groups is 1. The highest BCUT2D eigenvalue weighted by molar-refractivity contribution is 7.12. The Morgan fingerprint density at radius 2 is 1.97 bits per heavy atom. The molecule has 4 aromatic rings. The van der Waals surface area contributed by atoms with Crippen LogP contribution in [-0.4, -0.2) is 31.1 Å². The van der Waals surface area contributed by atoms with Gasteiger partial charge in [0.15, 0.2) is 16.3 Å². The standard InChI is InChI=1S/C20H15F3N4O3S/c1-30-13-7-3-2-5-11(13)8-10-27-17(15-12(28)6-4-9-24-15)25-18-14(19(27)29)16(26-31-18)20(21,22)23/h2-7,9,28H,8,10H2,1H3. The fourth-order valence-corrected chi connectivity index (χ4v) is 4.01. The van der Waals surface area contributed by atoms with E-state index >= 15 is 0 Å². The summed E-state index contributed by atoms with van der Waals surface area (Å²) in [4.78, 5) is 21.3. The maximum atomic E-state index is 13.4. The van der Waals surface area contributed by atoms with Crippen LogP contribution >= 0.6 is 11.5 Å². The monoisotopic (exact) mass is 448 g/mol. The Bertz CT molecular complexity index is 1320. The molecule has 160 valence electrons. The summed E-state index contributed by atoms with van der Waals surface area (Å²) in [6, 6.07) is 9.96. The molecular formula is C20H15F3N4O3S. The van der Waals surface area contributed by atoms with Crippen molar-refractivity contribution in [3.63, 3.8) is 0 Å². The zero-order valence-electron chi connectivity index (χ0n) is 16.1. The van der Waals surface area contributed by atoms with Gasteiger partial charge in [-0.3, -0.25) is 9.36 Å². The van der Waals surface area contributed by atoms with Gasteiger partial charge < -0.3 is 9.84 Å². The second-order valence-electron chi connectivity index (χ2n) is 6.53. The molecule has 11 heteroatoms. The summed E-state index contributed by atoms with van der Waals surface area (Å²) in [6.07, 6.45) is -3.13. The van der Waals surface area contributed by atoms with Gasteiger partial charge in [-0.2, -0.15) is 17.5 Å². The molecule has 0 atom stereocenters. The van der Waals surface area contributed by atoms with E-state index in [0.717, 1.165) is 10.1 Å². The van der Waals surface area contributed by atoms with Crippen LogP contribution in [0.25, 0.3) is 21.7 Å². The van der Waals surface area contributed by atoms with Gasteiger partial charge in [-0.15, -0.1) is 0 Å². The van der Waals surface area contributed by atoms with Crippen LogP contribution < -0.4 is 10.3 Å². The van der Waals surface area contributed by atoms with Gasteiger partial charge in [0, 0.05) is 12.7 Å². The molecule has 0 unspecified atom stereocenters. The van der Waals surface area contributed by atoms with Crippen molar-refractivity contribution in [2.75, 3.05) is 7.11 Å². The number of hydrogen-bond donors (Lipinski definition) is 1. The summed E-state index contributed by atoms with van der Waals surface area (Å²) in [7, 11) is 1.50. The number of ether oxygens (including phenoxy) is 1. The molecule has 0 amide bonds. The van der Waals surface area contributed by atoms with Crippen LogP contribution in [0, 0.1) is 0 Å². The number of halogens is 3. The number of aryl methyl sites for hydroxylation is 1. The molecule has 31 heavy (non-hydrogen) atoms. The number of rotatable bonds is 5. The Kier molecular flexibility index (Phi) is 5.36. The zero-order valence-corrected chi connectivity index (χ0v) is 16.9. The maximum Gasteiger partial charge on any atom is 0.435 e. The molecule has 3 heterocycles. The van der Waals surface area contributed by atoms with Crippen LogP contribution in [0.3, 0.4) is 0 Å². The predicted molar refractivity (Wildman–Crippen MR) is 108 cm³/mol. The lowest BCUT2D eigenvalue weighted by molar-refractivity contribution is -0.139. The Morgan fingerprint density at radius 3 is 2.68 bits per heavy atom. The SMILES string of the molecule is COc1ccccc1CCn1c(-c2ncccc2O)nc2snc(C(F)(F)F)c2c1=O. The fraction of sp³-hybridized carbons (Fsp3) is 0.200. The molecule has 7 nitrogen and oxygen atoms in total. The largest absolute Gasteiger partial charge is 0.506 e. The second kappa shape index (κ2) is 7.99. The van der Waals surface area contributed by atoms with Gasteiger partial charge in [0.2, 0.25) is 0 Å². The first-order chi connectivity index (χ1) is 14.8. The summed E-state index contributed by atoms with van der Waals surface area (Å²) in [6.45, 7) is -0.0133. The lowest BCUT2D eigenvalue weighted by Gasteiger charge is -2.14. The third-order valence-corrected chi connectivity index (χ3v) is 5.40. The van der Waals surface area contributed by atoms with Crippen molar-refractivity contribution in [1.82, 2.24) is 18.9 Å². The lowest BCUT2D eigenvalue weighted by Crippen LogP contribution is -2.26. The van der Waals surface area contributed by atoms with Gasteiger partial charge in [-0.1, -0.05) is 18.2 Å². The van der Waals surface area contributed by atoms with Gasteiger partial charge in [-0.25, -0.2) is 9.97 Å². The van der Waals surface area contributed by atoms with Crippen LogP contribution in [0.1, 0.15) is 11.3 Å². The van der Waals surface area contributed by atoms with Crippen molar-refractivity contribution in [3.05, 3.63) is 64.2 Å². The van der Waals surface area contributed by atoms with E-state index in [0.29, 0.717) is 17.3 Å². The highest BCUT2D eigenvalue weighted by atomic mass is 32.1. The van der Waals surface area contributed by atoms with E-state index in [4.69, 9.17) is 4.74 Å². The Hall–Kier alpha value is -3.47. The third-order valence-electron chi connectivity index (χ3n) is 4.66. The van der Waals surface area contributed by atoms with Crippen molar-refractivity contribution in [1.29, 1.82) is 0 Å². The van der Waals surface area contributed by atoms with E-state index in [-0.39, 0.29) is 35.1 Å². The molecule has 0 spiro atoms. The summed E-state index contributed by atoms with van der Waals surface area (Å²) < 4.78 is 50.0. The molecule has 1 N–H and O–H groups in total. The number of benzene rings is 1. The first kappa shape index (κ1) is 20.8. The van der Waals surface area contributed by atoms with Gasteiger partial charge in [0.1, 0.15) is 22.6 Å². The first-order valence-electron chi connectivity index (χ1n) is 9.05. The molecule has 0 bridgehead atoms. The van der Waals surface area contributed by atoms with Crippen LogP contribution in [0.4, 0.5) is 13.2 Å². The number of methoxy groups -OCH3 is 1. The van der Waals surface area contributed by atoms with E-state index in [1.165, 1.54) is 25.4 Å². The van der Waals surface area contributed by atoms with E-state index in [1.54, 1.807) is 24.3 Å². The first-order valence-corrected chi connectivity index (χ1v) is 9.82. The molecule has 0 fully saturated rings. The van der Waals surface area contributed by atoms with Crippen molar-refractivity contribution in [2.45, 2.75) is 19.1 Å². The van der Waals surface area contributed by atoms with E-state index in [1.807, 2.05) is 0 Å². The van der Waals surface area contributed by atoms with Crippen molar-refractivity contribution in [2.24, 2.45) is 0 Å². The molecule has 0 saturated carbocycles. The number of alkyl halides is 3. The van der Waals surface area contributed by atoms with Crippen LogP contribution in [0.15, 0.2) is 47.4 Å². The van der Waals surface area contributed by atoms with Gasteiger partial charge in [-0.05, 0) is 41.7 Å². The van der Waals surface area contributed by atoms with Crippen LogP contribution in [0.2, 0.25) is 0 Å². The van der Waals surface area contributed by atoms with E-state index in [2.05, 4.69) is 14.3 Å². The van der Waals surface area contributed by atoms with Crippen molar-refractivity contribution >= 4 is 21.7 Å². The number of para-hydroxylation sites is 1. The minimum absolute atomic E-state index is 0.0107. The minimum atomic E-state index is -4.80. The molecule has 4 rings (SSSR count). The molecule has 3 aromatic heterocycles. The number of nitrogens with zero attached hydrogens (tertiary/aromatic N) is 4. The average Bonchev–Trinajstić information content (AvgIpc) is 3.18. The molecule has 0 saturated heterocycles. The summed E-state index contributed by atoms with van der Waals surface area (Å²) in [5.41, 5.74) is -1.43. The van der Waals surface area contributed by atoms with Gasteiger partial charge in [0.05, 0.1) is 7.11 Å². The highest BCUT2D eigenvalue weighted by Crippen LogP contribution is 2.35. The molecule has 0 aliphatic rings. The minimum Gasteiger partial charge on any atom is -0.506 e. The zero-order chi connectivity index (χ0) is 22.2. The summed E-state index contributed by atoms with van der Waals surface area (Å²) >= 11 is 0.475. The Morgan fingerprint density at radius 1 is 1.19 bits per heavy atom. The maximum absolute atomic E-state index is 13.4. The summed E-state index contributed by atoms with van der Waals surface area (Å²) in [5.74, 6) is 0.295.